The third-order valence-electron chi connectivity index (χ3n) is 5.36. The second-order valence-electron chi connectivity index (χ2n) is 7.68. The van der Waals surface area contributed by atoms with E-state index in [1.165, 1.54) is 11.1 Å². The van der Waals surface area contributed by atoms with Gasteiger partial charge in [-0.1, -0.05) is 66.7 Å². The minimum absolute atomic E-state index is 0.104. The first-order valence-electron chi connectivity index (χ1n) is 10.3. The summed E-state index contributed by atoms with van der Waals surface area (Å²) in [6.45, 7) is 4.75. The van der Waals surface area contributed by atoms with Crippen molar-refractivity contribution >= 4 is 28.6 Å². The van der Waals surface area contributed by atoms with Gasteiger partial charge in [-0.2, -0.15) is 0 Å². The molecule has 1 amide bonds. The fourth-order valence-corrected chi connectivity index (χ4v) is 4.54. The second-order valence-corrected chi connectivity index (χ2v) is 8.76. The van der Waals surface area contributed by atoms with Crippen molar-refractivity contribution in [1.29, 1.82) is 0 Å². The molecule has 31 heavy (non-hydrogen) atoms. The highest BCUT2D eigenvalue weighted by Crippen LogP contribution is 2.38. The molecule has 1 atom stereocenters. The van der Waals surface area contributed by atoms with E-state index in [1.807, 2.05) is 36.4 Å². The van der Waals surface area contributed by atoms with Crippen molar-refractivity contribution in [2.45, 2.75) is 29.6 Å². The van der Waals surface area contributed by atoms with Crippen LogP contribution in [0.4, 0.5) is 0 Å². The maximum absolute atomic E-state index is 13.2. The van der Waals surface area contributed by atoms with Gasteiger partial charge < -0.3 is 15.0 Å². The predicted octanol–water partition coefficient (Wildman–Crippen LogP) is 6.17. The molecular weight excluding hydrogens is 404 g/mol. The van der Waals surface area contributed by atoms with Gasteiger partial charge in [-0.05, 0) is 42.7 Å². The highest BCUT2D eigenvalue weighted by Gasteiger charge is 2.20. The first-order chi connectivity index (χ1) is 15.0. The van der Waals surface area contributed by atoms with Crippen LogP contribution in [-0.4, -0.2) is 24.5 Å². The fraction of sp³-hybridized carbons (Fsp3) is 0.192. The molecule has 0 radical (unpaired) electrons. The lowest BCUT2D eigenvalue weighted by molar-refractivity contribution is 0.0944. The number of rotatable bonds is 7. The van der Waals surface area contributed by atoms with Crippen LogP contribution in [0.3, 0.4) is 0 Å². The molecule has 0 unspecified atom stereocenters. The SMILES string of the molecule is COc1ccc2c(Sc3ccc(C)cc3)c(C(=O)NC[C@H](C)c3ccccc3)[nH]c2c1. The molecular formula is C26H26N2O2S. The van der Waals surface area contributed by atoms with E-state index in [1.54, 1.807) is 18.9 Å². The summed E-state index contributed by atoms with van der Waals surface area (Å²) in [5.74, 6) is 0.876. The van der Waals surface area contributed by atoms with E-state index < -0.39 is 0 Å². The highest BCUT2D eigenvalue weighted by atomic mass is 32.2. The minimum atomic E-state index is -0.104. The van der Waals surface area contributed by atoms with Crippen molar-refractivity contribution in [3.05, 3.63) is 89.6 Å². The van der Waals surface area contributed by atoms with E-state index in [-0.39, 0.29) is 11.8 Å². The standard InChI is InChI=1S/C26H26N2O2S/c1-17-9-12-21(13-10-17)31-25-22-14-11-20(30-3)15-23(22)28-24(25)26(29)27-16-18(2)19-7-5-4-6-8-19/h4-15,18,28H,16H2,1-3H3,(H,27,29)/t18-/m0/s1. The Balaban J connectivity index is 1.63. The summed E-state index contributed by atoms with van der Waals surface area (Å²) >= 11 is 1.60. The van der Waals surface area contributed by atoms with Crippen LogP contribution >= 0.6 is 11.8 Å². The van der Waals surface area contributed by atoms with E-state index in [2.05, 4.69) is 60.5 Å². The Kier molecular flexibility index (Phi) is 6.33. The van der Waals surface area contributed by atoms with Crippen LogP contribution in [0.15, 0.2) is 82.6 Å². The van der Waals surface area contributed by atoms with Crippen LogP contribution in [0.1, 0.15) is 34.5 Å². The van der Waals surface area contributed by atoms with E-state index in [0.717, 1.165) is 26.4 Å². The molecule has 4 aromatic rings. The Labute approximate surface area is 187 Å². The molecule has 5 heteroatoms. The van der Waals surface area contributed by atoms with Gasteiger partial charge in [-0.25, -0.2) is 0 Å². The molecule has 2 N–H and O–H groups in total. The number of aryl methyl sites for hydroxylation is 1. The lowest BCUT2D eigenvalue weighted by Crippen LogP contribution is -2.28. The number of carbonyl (C=O) groups is 1. The normalized spacial score (nSPS) is 12.0. The molecule has 3 aromatic carbocycles. The summed E-state index contributed by atoms with van der Waals surface area (Å²) in [5, 5.41) is 4.11. The zero-order valence-corrected chi connectivity index (χ0v) is 18.8. The second kappa shape index (κ2) is 9.31. The smallest absolute Gasteiger partial charge is 0.268 e. The number of benzene rings is 3. The molecule has 4 nitrogen and oxygen atoms in total. The molecule has 0 aliphatic carbocycles. The largest absolute Gasteiger partial charge is 0.497 e. The van der Waals surface area contributed by atoms with Crippen LogP contribution in [0.5, 0.6) is 5.75 Å². The van der Waals surface area contributed by atoms with E-state index in [9.17, 15) is 4.79 Å². The Morgan fingerprint density at radius 1 is 1.06 bits per heavy atom. The summed E-state index contributed by atoms with van der Waals surface area (Å²) in [7, 11) is 1.64. The van der Waals surface area contributed by atoms with Crippen LogP contribution in [-0.2, 0) is 0 Å². The molecule has 0 bridgehead atoms. The molecule has 158 valence electrons. The number of amides is 1. The molecule has 1 aromatic heterocycles. The maximum atomic E-state index is 13.2. The molecule has 4 rings (SSSR count). The lowest BCUT2D eigenvalue weighted by Gasteiger charge is -2.13. The molecule has 0 saturated carbocycles. The molecule has 0 spiro atoms. The van der Waals surface area contributed by atoms with Gasteiger partial charge >= 0.3 is 0 Å². The average molecular weight is 431 g/mol. The molecule has 0 aliphatic heterocycles. The van der Waals surface area contributed by atoms with Crippen LogP contribution in [0, 0.1) is 6.92 Å². The number of carbonyl (C=O) groups excluding carboxylic acids is 1. The van der Waals surface area contributed by atoms with Crippen molar-refractivity contribution in [3.63, 3.8) is 0 Å². The van der Waals surface area contributed by atoms with Crippen molar-refractivity contribution in [2.75, 3.05) is 13.7 Å². The van der Waals surface area contributed by atoms with Gasteiger partial charge in [0.2, 0.25) is 0 Å². The monoisotopic (exact) mass is 430 g/mol. The number of H-pyrrole nitrogens is 1. The van der Waals surface area contributed by atoms with Gasteiger partial charge in [0.15, 0.2) is 0 Å². The average Bonchev–Trinajstić information content (AvgIpc) is 3.16. The van der Waals surface area contributed by atoms with Crippen LogP contribution in [0.25, 0.3) is 10.9 Å². The van der Waals surface area contributed by atoms with E-state index in [0.29, 0.717) is 12.2 Å². The third kappa shape index (κ3) is 4.78. The number of fused-ring (bicyclic) bond motifs is 1. The number of hydrogen-bond donors (Lipinski definition) is 2. The minimum Gasteiger partial charge on any atom is -0.497 e. The van der Waals surface area contributed by atoms with Gasteiger partial charge in [-0.3, -0.25) is 4.79 Å². The fourth-order valence-electron chi connectivity index (χ4n) is 3.50. The Bertz CT molecular complexity index is 1180. The molecule has 1 heterocycles. The first kappa shape index (κ1) is 21.1. The zero-order valence-electron chi connectivity index (χ0n) is 17.9. The maximum Gasteiger partial charge on any atom is 0.268 e. The summed E-state index contributed by atoms with van der Waals surface area (Å²) in [5.41, 5.74) is 3.88. The number of aromatic amines is 1. The molecule has 0 saturated heterocycles. The Morgan fingerprint density at radius 2 is 1.81 bits per heavy atom. The van der Waals surface area contributed by atoms with Gasteiger partial charge in [0.1, 0.15) is 11.4 Å². The van der Waals surface area contributed by atoms with Gasteiger partial charge in [0.05, 0.1) is 17.5 Å². The topological polar surface area (TPSA) is 54.1 Å². The zero-order chi connectivity index (χ0) is 21.8. The summed E-state index contributed by atoms with van der Waals surface area (Å²) < 4.78 is 5.36. The summed E-state index contributed by atoms with van der Waals surface area (Å²) in [6, 6.07) is 24.4. The van der Waals surface area contributed by atoms with Gasteiger partial charge in [0.25, 0.3) is 5.91 Å². The van der Waals surface area contributed by atoms with Crippen molar-refractivity contribution in [1.82, 2.24) is 10.3 Å². The van der Waals surface area contributed by atoms with Crippen LogP contribution in [0.2, 0.25) is 0 Å². The lowest BCUT2D eigenvalue weighted by atomic mass is 10.0. The Morgan fingerprint density at radius 3 is 2.52 bits per heavy atom. The van der Waals surface area contributed by atoms with Crippen molar-refractivity contribution in [2.24, 2.45) is 0 Å². The van der Waals surface area contributed by atoms with Gasteiger partial charge in [-0.15, -0.1) is 0 Å². The van der Waals surface area contributed by atoms with Gasteiger partial charge in [0, 0.05) is 22.9 Å². The molecule has 0 fully saturated rings. The Hall–Kier alpha value is -3.18. The summed E-state index contributed by atoms with van der Waals surface area (Å²) in [6.07, 6.45) is 0. The van der Waals surface area contributed by atoms with Crippen molar-refractivity contribution < 1.29 is 9.53 Å². The first-order valence-corrected chi connectivity index (χ1v) is 11.1. The van der Waals surface area contributed by atoms with E-state index >= 15 is 0 Å². The van der Waals surface area contributed by atoms with Crippen molar-refractivity contribution in [3.8, 4) is 5.75 Å². The number of ether oxygens (including phenoxy) is 1. The number of aromatic nitrogens is 1. The number of hydrogen-bond acceptors (Lipinski definition) is 3. The predicted molar refractivity (Wildman–Crippen MR) is 127 cm³/mol. The highest BCUT2D eigenvalue weighted by molar-refractivity contribution is 7.99. The summed E-state index contributed by atoms with van der Waals surface area (Å²) in [4.78, 5) is 18.5. The third-order valence-corrected chi connectivity index (χ3v) is 6.50. The van der Waals surface area contributed by atoms with E-state index in [4.69, 9.17) is 4.74 Å². The van der Waals surface area contributed by atoms with Crippen LogP contribution < -0.4 is 10.1 Å². The molecule has 0 aliphatic rings. The quantitative estimate of drug-likeness (QED) is 0.369. The number of methoxy groups -OCH3 is 1. The number of nitrogens with one attached hydrogen (secondary N) is 2.